The number of amides is 1. The Hall–Kier alpha value is -1.41. The molecule has 1 fully saturated rings. The highest BCUT2D eigenvalue weighted by Crippen LogP contribution is 2.40. The number of carbonyl (C=O) groups is 1. The van der Waals surface area contributed by atoms with E-state index in [-0.39, 0.29) is 5.91 Å². The van der Waals surface area contributed by atoms with Crippen LogP contribution in [0.25, 0.3) is 0 Å². The fourth-order valence-corrected chi connectivity index (χ4v) is 1.98. The molecular formula is C10H11N3OS. The molecule has 2 rings (SSSR count). The second-order valence-electron chi connectivity index (χ2n) is 3.69. The number of rotatable bonds is 3. The molecule has 1 aliphatic carbocycles. The van der Waals surface area contributed by atoms with Crippen molar-refractivity contribution in [2.45, 2.75) is 25.7 Å². The van der Waals surface area contributed by atoms with Crippen LogP contribution in [0, 0.1) is 17.2 Å². The Balaban J connectivity index is 1.98. The normalized spacial score (nSPS) is 16.8. The maximum Gasteiger partial charge on any atom is 0.243 e. The minimum absolute atomic E-state index is 0.283. The largest absolute Gasteiger partial charge is 0.301 e. The molecule has 0 aromatic carbocycles. The molecule has 0 bridgehead atoms. The van der Waals surface area contributed by atoms with E-state index < -0.39 is 5.92 Å². The minimum Gasteiger partial charge on any atom is -0.301 e. The summed E-state index contributed by atoms with van der Waals surface area (Å²) in [5, 5.41) is 13.8. The van der Waals surface area contributed by atoms with Crippen molar-refractivity contribution in [1.29, 1.82) is 5.26 Å². The van der Waals surface area contributed by atoms with Crippen LogP contribution in [-0.2, 0) is 4.79 Å². The average molecular weight is 221 g/mol. The number of aromatic nitrogens is 1. The van der Waals surface area contributed by atoms with Gasteiger partial charge in [0.25, 0.3) is 0 Å². The number of anilines is 1. The van der Waals surface area contributed by atoms with Crippen LogP contribution in [0.5, 0.6) is 0 Å². The number of nitriles is 1. The van der Waals surface area contributed by atoms with E-state index in [9.17, 15) is 4.79 Å². The number of hydrogen-bond donors (Lipinski definition) is 1. The first-order valence-electron chi connectivity index (χ1n) is 4.86. The van der Waals surface area contributed by atoms with Crippen molar-refractivity contribution in [2.75, 3.05) is 5.32 Å². The molecule has 0 aliphatic heterocycles. The highest BCUT2D eigenvalue weighted by atomic mass is 32.1. The molecule has 15 heavy (non-hydrogen) atoms. The van der Waals surface area contributed by atoms with Crippen molar-refractivity contribution in [3.8, 4) is 6.07 Å². The van der Waals surface area contributed by atoms with Gasteiger partial charge in [0.05, 0.1) is 11.8 Å². The molecule has 1 aromatic heterocycles. The van der Waals surface area contributed by atoms with Crippen LogP contribution in [-0.4, -0.2) is 10.9 Å². The Bertz CT molecular complexity index is 417. The maximum atomic E-state index is 11.4. The standard InChI is InChI=1S/C10H11N3OS/c1-6(4-11)9(14)13-10-12-8(5-15-10)7-2-3-7/h5-7H,2-3H2,1H3,(H,12,13,14). The number of carbonyl (C=O) groups excluding carboxylic acids is 1. The summed E-state index contributed by atoms with van der Waals surface area (Å²) in [6.07, 6.45) is 2.40. The molecule has 1 unspecified atom stereocenters. The van der Waals surface area contributed by atoms with Gasteiger partial charge in [-0.2, -0.15) is 5.26 Å². The van der Waals surface area contributed by atoms with Gasteiger partial charge in [0, 0.05) is 11.3 Å². The first-order chi connectivity index (χ1) is 7.20. The van der Waals surface area contributed by atoms with Crippen molar-refractivity contribution >= 4 is 22.4 Å². The lowest BCUT2D eigenvalue weighted by atomic mass is 10.2. The molecule has 5 heteroatoms. The molecule has 0 radical (unpaired) electrons. The van der Waals surface area contributed by atoms with Gasteiger partial charge < -0.3 is 5.32 Å². The van der Waals surface area contributed by atoms with Gasteiger partial charge >= 0.3 is 0 Å². The summed E-state index contributed by atoms with van der Waals surface area (Å²) in [7, 11) is 0. The molecule has 0 saturated heterocycles. The van der Waals surface area contributed by atoms with Crippen molar-refractivity contribution < 1.29 is 4.79 Å². The maximum absolute atomic E-state index is 11.4. The molecule has 1 aromatic rings. The SMILES string of the molecule is CC(C#N)C(=O)Nc1nc(C2CC2)cs1. The van der Waals surface area contributed by atoms with Crippen molar-refractivity contribution in [3.63, 3.8) is 0 Å². The zero-order chi connectivity index (χ0) is 10.8. The smallest absolute Gasteiger partial charge is 0.243 e. The molecule has 1 saturated carbocycles. The van der Waals surface area contributed by atoms with Gasteiger partial charge in [0.1, 0.15) is 5.92 Å². The van der Waals surface area contributed by atoms with Crippen molar-refractivity contribution in [1.82, 2.24) is 4.98 Å². The third kappa shape index (κ3) is 2.34. The number of nitrogens with one attached hydrogen (secondary N) is 1. The van der Waals surface area contributed by atoms with E-state index in [1.54, 1.807) is 6.92 Å². The zero-order valence-electron chi connectivity index (χ0n) is 8.36. The van der Waals surface area contributed by atoms with E-state index in [2.05, 4.69) is 10.3 Å². The molecule has 1 heterocycles. The fraction of sp³-hybridized carbons (Fsp3) is 0.500. The third-order valence-electron chi connectivity index (χ3n) is 2.33. The summed E-state index contributed by atoms with van der Waals surface area (Å²) in [4.78, 5) is 15.7. The summed E-state index contributed by atoms with van der Waals surface area (Å²) in [6.45, 7) is 1.57. The molecule has 1 atom stereocenters. The van der Waals surface area contributed by atoms with E-state index in [0.29, 0.717) is 11.0 Å². The van der Waals surface area contributed by atoms with E-state index in [1.807, 2.05) is 11.4 Å². The molecule has 4 nitrogen and oxygen atoms in total. The second-order valence-corrected chi connectivity index (χ2v) is 4.55. The third-order valence-corrected chi connectivity index (χ3v) is 3.11. The summed E-state index contributed by atoms with van der Waals surface area (Å²) >= 11 is 1.42. The first-order valence-corrected chi connectivity index (χ1v) is 5.74. The lowest BCUT2D eigenvalue weighted by Gasteiger charge is -2.01. The summed E-state index contributed by atoms with van der Waals surface area (Å²) in [5.74, 6) is -0.312. The summed E-state index contributed by atoms with van der Waals surface area (Å²) in [5.41, 5.74) is 1.07. The number of hydrogen-bond acceptors (Lipinski definition) is 4. The fourth-order valence-electron chi connectivity index (χ4n) is 1.18. The van der Waals surface area contributed by atoms with Gasteiger partial charge in [-0.25, -0.2) is 4.98 Å². The minimum atomic E-state index is -0.627. The van der Waals surface area contributed by atoms with Gasteiger partial charge in [0.2, 0.25) is 5.91 Å². The van der Waals surface area contributed by atoms with Crippen molar-refractivity contribution in [3.05, 3.63) is 11.1 Å². The van der Waals surface area contributed by atoms with Gasteiger partial charge in [-0.15, -0.1) is 11.3 Å². The molecule has 1 aliphatic rings. The number of thiazole rings is 1. The summed E-state index contributed by atoms with van der Waals surface area (Å²) in [6, 6.07) is 1.89. The molecule has 1 N–H and O–H groups in total. The second kappa shape index (κ2) is 3.99. The Labute approximate surface area is 91.9 Å². The van der Waals surface area contributed by atoms with Crippen LogP contribution < -0.4 is 5.32 Å². The van der Waals surface area contributed by atoms with Crippen LogP contribution in [0.15, 0.2) is 5.38 Å². The summed E-state index contributed by atoms with van der Waals surface area (Å²) < 4.78 is 0. The highest BCUT2D eigenvalue weighted by Gasteiger charge is 2.26. The van der Waals surface area contributed by atoms with Gasteiger partial charge in [-0.3, -0.25) is 4.79 Å². The Kier molecular flexibility index (Phi) is 2.69. The molecular weight excluding hydrogens is 210 g/mol. The monoisotopic (exact) mass is 221 g/mol. The first kappa shape index (κ1) is 10.1. The van der Waals surface area contributed by atoms with E-state index in [0.717, 1.165) is 5.69 Å². The van der Waals surface area contributed by atoms with E-state index in [1.165, 1.54) is 24.2 Å². The van der Waals surface area contributed by atoms with Crippen LogP contribution in [0.3, 0.4) is 0 Å². The molecule has 0 spiro atoms. The van der Waals surface area contributed by atoms with Crippen LogP contribution in [0.1, 0.15) is 31.4 Å². The average Bonchev–Trinajstić information content (AvgIpc) is 2.99. The Morgan fingerprint density at radius 2 is 2.53 bits per heavy atom. The Morgan fingerprint density at radius 1 is 1.80 bits per heavy atom. The lowest BCUT2D eigenvalue weighted by molar-refractivity contribution is -0.117. The highest BCUT2D eigenvalue weighted by molar-refractivity contribution is 7.13. The van der Waals surface area contributed by atoms with Crippen molar-refractivity contribution in [2.24, 2.45) is 5.92 Å². The topological polar surface area (TPSA) is 65.8 Å². The quantitative estimate of drug-likeness (QED) is 0.850. The number of nitrogens with zero attached hydrogens (tertiary/aromatic N) is 2. The predicted molar refractivity (Wildman–Crippen MR) is 57.5 cm³/mol. The van der Waals surface area contributed by atoms with Crippen LogP contribution in [0.4, 0.5) is 5.13 Å². The van der Waals surface area contributed by atoms with Crippen LogP contribution >= 0.6 is 11.3 Å². The van der Waals surface area contributed by atoms with Gasteiger partial charge in [-0.1, -0.05) is 0 Å². The lowest BCUT2D eigenvalue weighted by Crippen LogP contribution is -2.18. The molecule has 78 valence electrons. The zero-order valence-corrected chi connectivity index (χ0v) is 9.17. The van der Waals surface area contributed by atoms with Gasteiger partial charge in [-0.05, 0) is 19.8 Å². The van der Waals surface area contributed by atoms with E-state index in [4.69, 9.17) is 5.26 Å². The van der Waals surface area contributed by atoms with Crippen LogP contribution in [0.2, 0.25) is 0 Å². The Morgan fingerprint density at radius 3 is 3.13 bits per heavy atom. The van der Waals surface area contributed by atoms with Gasteiger partial charge in [0.15, 0.2) is 5.13 Å². The molecule has 1 amide bonds. The van der Waals surface area contributed by atoms with E-state index >= 15 is 0 Å². The predicted octanol–water partition coefficient (Wildman–Crippen LogP) is 2.12.